The molecule has 1 unspecified atom stereocenters. The lowest BCUT2D eigenvalue weighted by Crippen LogP contribution is -2.45. The zero-order chi connectivity index (χ0) is 17.1. The third kappa shape index (κ3) is 3.23. The lowest BCUT2D eigenvalue weighted by Gasteiger charge is -2.24. The number of hydrogen-bond acceptors (Lipinski definition) is 3. The minimum atomic E-state index is -0.665. The molecule has 0 radical (unpaired) electrons. The van der Waals surface area contributed by atoms with Crippen molar-refractivity contribution in [1.29, 1.82) is 0 Å². The summed E-state index contributed by atoms with van der Waals surface area (Å²) in [6.07, 6.45) is 0.0187. The number of halogens is 1. The number of para-hydroxylation sites is 1. The van der Waals surface area contributed by atoms with E-state index in [0.29, 0.717) is 11.3 Å². The van der Waals surface area contributed by atoms with Crippen molar-refractivity contribution in [1.82, 2.24) is 10.9 Å². The molecular formula is C17H14ClN3O3. The van der Waals surface area contributed by atoms with Gasteiger partial charge in [-0.25, -0.2) is 0 Å². The highest BCUT2D eigenvalue weighted by atomic mass is 35.5. The molecule has 1 heterocycles. The Morgan fingerprint density at radius 1 is 1.04 bits per heavy atom. The monoisotopic (exact) mass is 343 g/mol. The number of fused-ring (bicyclic) bond motifs is 1. The standard InChI is InChI=1S/C17H14ClN3O3/c18-13-7-3-1-6-11(13)16(23)20-21-17(24)12-9-15(22)19-14-8-4-2-5-10(12)14/h1-8,12H,9H2,(H,19,22)(H,20,23)(H,21,24). The minimum absolute atomic E-state index is 0.0187. The van der Waals surface area contributed by atoms with E-state index in [0.717, 1.165) is 0 Å². The second-order valence-electron chi connectivity index (χ2n) is 5.32. The molecule has 0 bridgehead atoms. The van der Waals surface area contributed by atoms with Gasteiger partial charge in [-0.15, -0.1) is 0 Å². The number of benzene rings is 2. The number of carbonyl (C=O) groups excluding carboxylic acids is 3. The molecule has 0 spiro atoms. The van der Waals surface area contributed by atoms with E-state index in [-0.39, 0.29) is 22.9 Å². The van der Waals surface area contributed by atoms with E-state index in [9.17, 15) is 14.4 Å². The fourth-order valence-electron chi connectivity index (χ4n) is 2.56. The van der Waals surface area contributed by atoms with Crippen LogP contribution in [0.25, 0.3) is 0 Å². The zero-order valence-electron chi connectivity index (χ0n) is 12.5. The lowest BCUT2D eigenvalue weighted by atomic mass is 9.90. The van der Waals surface area contributed by atoms with Crippen molar-refractivity contribution in [3.8, 4) is 0 Å². The third-order valence-corrected chi connectivity index (χ3v) is 4.06. The summed E-state index contributed by atoms with van der Waals surface area (Å²) < 4.78 is 0. The van der Waals surface area contributed by atoms with E-state index in [1.54, 1.807) is 48.5 Å². The predicted octanol–water partition coefficient (Wildman–Crippen LogP) is 2.23. The molecule has 122 valence electrons. The second-order valence-corrected chi connectivity index (χ2v) is 5.72. The van der Waals surface area contributed by atoms with Crippen LogP contribution in [0.5, 0.6) is 0 Å². The SMILES string of the molecule is O=C1CC(C(=O)NNC(=O)c2ccccc2Cl)c2ccccc2N1. The minimum Gasteiger partial charge on any atom is -0.326 e. The van der Waals surface area contributed by atoms with Crippen LogP contribution in [0.3, 0.4) is 0 Å². The highest BCUT2D eigenvalue weighted by Crippen LogP contribution is 2.31. The van der Waals surface area contributed by atoms with Crippen LogP contribution in [-0.4, -0.2) is 17.7 Å². The number of hydrazine groups is 1. The van der Waals surface area contributed by atoms with Crippen molar-refractivity contribution in [3.63, 3.8) is 0 Å². The highest BCUT2D eigenvalue weighted by molar-refractivity contribution is 6.33. The van der Waals surface area contributed by atoms with Gasteiger partial charge in [-0.05, 0) is 23.8 Å². The van der Waals surface area contributed by atoms with Crippen LogP contribution >= 0.6 is 11.6 Å². The van der Waals surface area contributed by atoms with Gasteiger partial charge in [0.2, 0.25) is 11.8 Å². The van der Waals surface area contributed by atoms with Gasteiger partial charge in [-0.3, -0.25) is 25.2 Å². The van der Waals surface area contributed by atoms with Crippen molar-refractivity contribution >= 4 is 35.0 Å². The van der Waals surface area contributed by atoms with Gasteiger partial charge >= 0.3 is 0 Å². The molecule has 0 aromatic heterocycles. The Labute approximate surface area is 143 Å². The Morgan fingerprint density at radius 3 is 2.54 bits per heavy atom. The topological polar surface area (TPSA) is 87.3 Å². The van der Waals surface area contributed by atoms with Gasteiger partial charge in [0.05, 0.1) is 16.5 Å². The molecule has 2 aromatic carbocycles. The van der Waals surface area contributed by atoms with Crippen molar-refractivity contribution in [2.24, 2.45) is 0 Å². The summed E-state index contributed by atoms with van der Waals surface area (Å²) in [5, 5.41) is 3.00. The quantitative estimate of drug-likeness (QED) is 0.731. The Morgan fingerprint density at radius 2 is 1.75 bits per heavy atom. The van der Waals surface area contributed by atoms with Gasteiger partial charge in [0.25, 0.3) is 5.91 Å². The summed E-state index contributed by atoms with van der Waals surface area (Å²) in [5.41, 5.74) is 6.25. The van der Waals surface area contributed by atoms with Gasteiger partial charge in [0.15, 0.2) is 0 Å². The molecule has 7 heteroatoms. The largest absolute Gasteiger partial charge is 0.326 e. The highest BCUT2D eigenvalue weighted by Gasteiger charge is 2.30. The number of carbonyl (C=O) groups is 3. The molecule has 2 aromatic rings. The molecule has 0 saturated heterocycles. The maximum absolute atomic E-state index is 12.4. The zero-order valence-corrected chi connectivity index (χ0v) is 13.3. The van der Waals surface area contributed by atoms with E-state index >= 15 is 0 Å². The Kier molecular flexibility index (Phi) is 4.48. The summed E-state index contributed by atoms with van der Waals surface area (Å²) in [5.74, 6) is -1.90. The van der Waals surface area contributed by atoms with E-state index < -0.39 is 17.7 Å². The average molecular weight is 344 g/mol. The maximum atomic E-state index is 12.4. The predicted molar refractivity (Wildman–Crippen MR) is 89.5 cm³/mol. The van der Waals surface area contributed by atoms with Crippen LogP contribution in [0.1, 0.15) is 28.3 Å². The fraction of sp³-hybridized carbons (Fsp3) is 0.118. The van der Waals surface area contributed by atoms with Crippen LogP contribution in [0, 0.1) is 0 Å². The molecule has 0 saturated carbocycles. The van der Waals surface area contributed by atoms with Crippen LogP contribution in [0.2, 0.25) is 5.02 Å². The molecule has 1 aliphatic rings. The molecule has 0 fully saturated rings. The molecule has 3 rings (SSSR count). The molecule has 3 amide bonds. The van der Waals surface area contributed by atoms with Crippen molar-refractivity contribution in [2.45, 2.75) is 12.3 Å². The molecule has 3 N–H and O–H groups in total. The fourth-order valence-corrected chi connectivity index (χ4v) is 2.78. The Hall–Kier alpha value is -2.86. The normalized spacial score (nSPS) is 15.9. The van der Waals surface area contributed by atoms with Crippen molar-refractivity contribution < 1.29 is 14.4 Å². The van der Waals surface area contributed by atoms with Crippen molar-refractivity contribution in [2.75, 3.05) is 5.32 Å². The molecule has 24 heavy (non-hydrogen) atoms. The van der Waals surface area contributed by atoms with E-state index in [2.05, 4.69) is 16.2 Å². The number of nitrogens with one attached hydrogen (secondary N) is 3. The number of amides is 3. The number of anilines is 1. The summed E-state index contributed by atoms with van der Waals surface area (Å²) in [6, 6.07) is 13.6. The van der Waals surface area contributed by atoms with Gasteiger partial charge in [-0.2, -0.15) is 0 Å². The number of hydrogen-bond donors (Lipinski definition) is 3. The van der Waals surface area contributed by atoms with E-state index in [1.807, 2.05) is 0 Å². The Balaban J connectivity index is 1.71. The van der Waals surface area contributed by atoms with Crippen LogP contribution < -0.4 is 16.2 Å². The first-order valence-corrected chi connectivity index (χ1v) is 7.67. The average Bonchev–Trinajstić information content (AvgIpc) is 2.59. The molecule has 1 aliphatic heterocycles. The van der Waals surface area contributed by atoms with Crippen LogP contribution in [-0.2, 0) is 9.59 Å². The van der Waals surface area contributed by atoms with Crippen molar-refractivity contribution in [3.05, 3.63) is 64.7 Å². The number of rotatable bonds is 2. The first kappa shape index (κ1) is 16.0. The maximum Gasteiger partial charge on any atom is 0.271 e. The summed E-state index contributed by atoms with van der Waals surface area (Å²) in [4.78, 5) is 36.2. The summed E-state index contributed by atoms with van der Waals surface area (Å²) in [6.45, 7) is 0. The van der Waals surface area contributed by atoms with Gasteiger partial charge in [0, 0.05) is 12.1 Å². The molecular weight excluding hydrogens is 330 g/mol. The van der Waals surface area contributed by atoms with Crippen LogP contribution in [0.15, 0.2) is 48.5 Å². The lowest BCUT2D eigenvalue weighted by molar-refractivity contribution is -0.126. The first-order chi connectivity index (χ1) is 11.6. The van der Waals surface area contributed by atoms with E-state index in [4.69, 9.17) is 11.6 Å². The second kappa shape index (κ2) is 6.72. The van der Waals surface area contributed by atoms with Gasteiger partial charge < -0.3 is 5.32 Å². The van der Waals surface area contributed by atoms with Gasteiger partial charge in [-0.1, -0.05) is 41.9 Å². The van der Waals surface area contributed by atoms with Crippen LogP contribution in [0.4, 0.5) is 5.69 Å². The Bertz CT molecular complexity index is 822. The molecule has 6 nitrogen and oxygen atoms in total. The van der Waals surface area contributed by atoms with Gasteiger partial charge in [0.1, 0.15) is 0 Å². The van der Waals surface area contributed by atoms with E-state index in [1.165, 1.54) is 0 Å². The smallest absolute Gasteiger partial charge is 0.271 e. The first-order valence-electron chi connectivity index (χ1n) is 7.30. The molecule has 1 atom stereocenters. The summed E-state index contributed by atoms with van der Waals surface area (Å²) >= 11 is 5.94. The third-order valence-electron chi connectivity index (χ3n) is 3.73. The summed E-state index contributed by atoms with van der Waals surface area (Å²) in [7, 11) is 0. The molecule has 0 aliphatic carbocycles.